The number of carbonyl (C=O) groups excluding carboxylic acids is 5. The Kier molecular flexibility index (Phi) is 16.8. The SMILES string of the molecule is CN[C@@H](C)C(=O)N[C@H](C(=O)N1Cc2cc(OCCCCCCCCC(=O)NCCn3nc4c(c3C#N)-c3cnc(N)c(c3)N3CCC[C@@H]3c3cc(F)ccc3C(=O)N(C)C4)ccc2C[C@H]1C(N)=O)C(C)(C)C. The number of nitrogens with one attached hydrogen (secondary N) is 3. The molecule has 4 atom stereocenters. The first kappa shape index (κ1) is 52.7. The van der Waals surface area contributed by atoms with Gasteiger partial charge in [-0.15, -0.1) is 0 Å². The fourth-order valence-corrected chi connectivity index (χ4v) is 9.94. The number of rotatable bonds is 18. The summed E-state index contributed by atoms with van der Waals surface area (Å²) >= 11 is 0. The summed E-state index contributed by atoms with van der Waals surface area (Å²) in [6.07, 6.45) is 9.09. The molecule has 2 aromatic heterocycles. The van der Waals surface area contributed by atoms with Crippen molar-refractivity contribution in [3.63, 3.8) is 0 Å². The van der Waals surface area contributed by atoms with E-state index in [1.54, 1.807) is 31.9 Å². The first-order valence-corrected chi connectivity index (χ1v) is 25.1. The van der Waals surface area contributed by atoms with Crippen LogP contribution >= 0.6 is 0 Å². The lowest BCUT2D eigenvalue weighted by Crippen LogP contribution is -2.61. The molecule has 7 rings (SSSR count). The van der Waals surface area contributed by atoms with Gasteiger partial charge in [0.1, 0.15) is 41.2 Å². The van der Waals surface area contributed by atoms with E-state index in [2.05, 4.69) is 31.9 Å². The number of halogens is 1. The number of pyridine rings is 1. The zero-order chi connectivity index (χ0) is 51.9. The average molecular weight is 989 g/mol. The lowest BCUT2D eigenvalue weighted by molar-refractivity contribution is -0.146. The number of nitrogen functional groups attached to an aromatic ring is 1. The molecular formula is C53H69FN12O6. The molecule has 0 radical (unpaired) electrons. The van der Waals surface area contributed by atoms with Gasteiger partial charge in [-0.2, -0.15) is 10.4 Å². The molecule has 18 nitrogen and oxygen atoms in total. The summed E-state index contributed by atoms with van der Waals surface area (Å²) < 4.78 is 22.4. The Morgan fingerprint density at radius 2 is 1.76 bits per heavy atom. The van der Waals surface area contributed by atoms with E-state index in [0.717, 1.165) is 56.1 Å². The van der Waals surface area contributed by atoms with Crippen molar-refractivity contribution < 1.29 is 33.1 Å². The second-order valence-electron chi connectivity index (χ2n) is 20.3. The van der Waals surface area contributed by atoms with Crippen LogP contribution in [0.2, 0.25) is 0 Å². The predicted molar refractivity (Wildman–Crippen MR) is 271 cm³/mol. The number of amides is 5. The lowest BCUT2D eigenvalue weighted by Gasteiger charge is -2.40. The van der Waals surface area contributed by atoms with E-state index in [-0.39, 0.29) is 73.8 Å². The first-order chi connectivity index (χ1) is 34.4. The Hall–Kier alpha value is -7.07. The maximum Gasteiger partial charge on any atom is 0.254 e. The summed E-state index contributed by atoms with van der Waals surface area (Å²) in [6.45, 7) is 9.14. The number of nitriles is 1. The quantitative estimate of drug-likeness (QED) is 0.0801. The third-order valence-electron chi connectivity index (χ3n) is 14.1. The molecule has 19 heteroatoms. The molecule has 0 spiro atoms. The van der Waals surface area contributed by atoms with Gasteiger partial charge in [-0.05, 0) is 98.2 Å². The molecule has 1 saturated heterocycles. The van der Waals surface area contributed by atoms with Crippen LogP contribution in [-0.2, 0) is 45.2 Å². The molecule has 0 unspecified atom stereocenters. The molecule has 5 heterocycles. The average Bonchev–Trinajstić information content (AvgIpc) is 3.98. The molecule has 5 amide bonds. The van der Waals surface area contributed by atoms with Gasteiger partial charge in [-0.25, -0.2) is 9.37 Å². The minimum absolute atomic E-state index is 0.0690. The van der Waals surface area contributed by atoms with E-state index in [0.29, 0.717) is 65.4 Å². The highest BCUT2D eigenvalue weighted by molar-refractivity contribution is 5.96. The molecule has 7 N–H and O–H groups in total. The topological polar surface area (TPSA) is 247 Å². The fraction of sp³-hybridized carbons (Fsp3) is 0.509. The number of anilines is 2. The number of nitrogens with zero attached hydrogens (tertiary/aromatic N) is 7. The number of fused-ring (bicyclic) bond motifs is 9. The van der Waals surface area contributed by atoms with E-state index in [1.165, 1.54) is 28.0 Å². The normalized spacial score (nSPS) is 17.2. The number of unbranched alkanes of at least 4 members (excludes halogenated alkanes) is 5. The number of nitrogens with two attached hydrogens (primary N) is 2. The third kappa shape index (κ3) is 12.0. The Morgan fingerprint density at radius 1 is 1.01 bits per heavy atom. The van der Waals surface area contributed by atoms with Crippen LogP contribution in [0.15, 0.2) is 48.7 Å². The van der Waals surface area contributed by atoms with Crippen LogP contribution in [0.4, 0.5) is 15.9 Å². The van der Waals surface area contributed by atoms with Crippen molar-refractivity contribution in [2.45, 2.75) is 136 Å². The summed E-state index contributed by atoms with van der Waals surface area (Å²) in [5.41, 5.74) is 16.9. The first-order valence-electron chi connectivity index (χ1n) is 25.1. The Balaban J connectivity index is 0.868. The number of likely N-dealkylation sites (N-methyl/N-ethyl adjacent to an activating group) is 1. The molecule has 2 aromatic carbocycles. The van der Waals surface area contributed by atoms with Gasteiger partial charge in [0.25, 0.3) is 5.91 Å². The van der Waals surface area contributed by atoms with Gasteiger partial charge >= 0.3 is 0 Å². The van der Waals surface area contributed by atoms with E-state index < -0.39 is 35.3 Å². The van der Waals surface area contributed by atoms with Crippen LogP contribution in [0, 0.1) is 22.6 Å². The zero-order valence-electron chi connectivity index (χ0n) is 42.4. The van der Waals surface area contributed by atoms with Crippen LogP contribution in [0.3, 0.4) is 0 Å². The number of benzene rings is 2. The van der Waals surface area contributed by atoms with Crippen molar-refractivity contribution in [2.24, 2.45) is 11.1 Å². The van der Waals surface area contributed by atoms with Crippen LogP contribution in [-0.4, -0.2) is 106 Å². The molecule has 1 fully saturated rings. The molecule has 4 aromatic rings. The second kappa shape index (κ2) is 23.0. The number of ether oxygens (including phenoxy) is 1. The molecule has 72 heavy (non-hydrogen) atoms. The molecule has 2 bridgehead atoms. The molecule has 3 aliphatic heterocycles. The smallest absolute Gasteiger partial charge is 0.254 e. The van der Waals surface area contributed by atoms with Gasteiger partial charge in [-0.1, -0.05) is 52.5 Å². The van der Waals surface area contributed by atoms with Crippen molar-refractivity contribution in [1.82, 2.24) is 40.5 Å². The minimum Gasteiger partial charge on any atom is -0.494 e. The van der Waals surface area contributed by atoms with E-state index in [4.69, 9.17) is 21.3 Å². The van der Waals surface area contributed by atoms with Crippen molar-refractivity contribution in [3.05, 3.63) is 88.1 Å². The largest absolute Gasteiger partial charge is 0.494 e. The van der Waals surface area contributed by atoms with Crippen LogP contribution < -0.4 is 37.1 Å². The van der Waals surface area contributed by atoms with Gasteiger partial charge in [0.2, 0.25) is 23.6 Å². The number of carbonyl (C=O) groups is 5. The number of hydrogen-bond donors (Lipinski definition) is 5. The van der Waals surface area contributed by atoms with E-state index in [1.807, 2.05) is 45.0 Å². The highest BCUT2D eigenvalue weighted by atomic mass is 19.1. The minimum atomic E-state index is -0.880. The van der Waals surface area contributed by atoms with Gasteiger partial charge in [-0.3, -0.25) is 28.7 Å². The highest BCUT2D eigenvalue weighted by Gasteiger charge is 2.42. The van der Waals surface area contributed by atoms with Crippen molar-refractivity contribution in [2.75, 3.05) is 44.4 Å². The molecule has 384 valence electrons. The van der Waals surface area contributed by atoms with E-state index >= 15 is 0 Å². The maximum atomic E-state index is 14.7. The number of hydrogen-bond acceptors (Lipinski definition) is 12. The summed E-state index contributed by atoms with van der Waals surface area (Å²) in [6, 6.07) is 11.6. The van der Waals surface area contributed by atoms with Crippen LogP contribution in [0.25, 0.3) is 11.1 Å². The summed E-state index contributed by atoms with van der Waals surface area (Å²) in [7, 11) is 3.33. The van der Waals surface area contributed by atoms with Crippen molar-refractivity contribution >= 4 is 41.0 Å². The summed E-state index contributed by atoms with van der Waals surface area (Å²) in [5, 5.41) is 24.1. The summed E-state index contributed by atoms with van der Waals surface area (Å²) in [5.74, 6) is -1.15. The molecular weight excluding hydrogens is 920 g/mol. The van der Waals surface area contributed by atoms with Gasteiger partial charge in [0.15, 0.2) is 0 Å². The highest BCUT2D eigenvalue weighted by Crippen LogP contribution is 2.43. The molecule has 0 saturated carbocycles. The second-order valence-corrected chi connectivity index (χ2v) is 20.3. The van der Waals surface area contributed by atoms with E-state index in [9.17, 15) is 33.6 Å². The number of primary amides is 1. The Bertz CT molecular complexity index is 2710. The molecule has 0 aliphatic carbocycles. The number of aromatic nitrogens is 3. The third-order valence-corrected chi connectivity index (χ3v) is 14.1. The van der Waals surface area contributed by atoms with Crippen LogP contribution in [0.5, 0.6) is 5.75 Å². The summed E-state index contributed by atoms with van der Waals surface area (Å²) in [4.78, 5) is 76.0. The standard InChI is InChI=1S/C53H69FN12O6/c1-32(58-5)50(69)61-47(53(2,3)4)52(71)65-30-35-24-37(18-16-33(35)25-43(65)49(57)68)72-23-12-10-8-7-9-11-15-45(67)59-20-22-66-44(28-55)46-34-26-42(48(56)60-29-34)64-21-13-14-41(64)39-27-36(54)17-19-38(39)51(70)63(6)31-40(46)62-66/h16-19,24,26-27,29,32,41,43,47,58H,7-15,20-23,25,30-31H2,1-6H3,(H2,56,60)(H2,57,68)(H,59,67)(H,61,69)/t32-,41+,43-,47+/m0/s1. The zero-order valence-corrected chi connectivity index (χ0v) is 42.4. The predicted octanol–water partition coefficient (Wildman–Crippen LogP) is 5.27. The molecule has 3 aliphatic rings. The fourth-order valence-electron chi connectivity index (χ4n) is 9.94. The Morgan fingerprint density at radius 3 is 2.49 bits per heavy atom. The van der Waals surface area contributed by atoms with Gasteiger partial charge in [0, 0.05) is 62.4 Å². The Labute approximate surface area is 421 Å². The lowest BCUT2D eigenvalue weighted by atomic mass is 9.84. The van der Waals surface area contributed by atoms with Gasteiger partial charge in [0.05, 0.1) is 43.2 Å². The monoisotopic (exact) mass is 989 g/mol. The van der Waals surface area contributed by atoms with Crippen LogP contribution in [0.1, 0.15) is 130 Å². The van der Waals surface area contributed by atoms with Gasteiger partial charge < -0.3 is 46.9 Å². The van der Waals surface area contributed by atoms with Crippen molar-refractivity contribution in [1.29, 1.82) is 5.26 Å². The maximum absolute atomic E-state index is 14.7. The van der Waals surface area contributed by atoms with Crippen molar-refractivity contribution in [3.8, 4) is 22.9 Å².